The molecule has 2 nitrogen and oxygen atoms in total. The predicted octanol–water partition coefficient (Wildman–Crippen LogP) is 1.85. The van der Waals surface area contributed by atoms with Gasteiger partial charge in [-0.25, -0.2) is 4.39 Å². The van der Waals surface area contributed by atoms with E-state index in [0.717, 1.165) is 10.9 Å². The van der Waals surface area contributed by atoms with Crippen LogP contribution in [0.4, 0.5) is 4.39 Å². The number of para-hydroxylation sites is 1. The molecule has 2 aromatic rings. The van der Waals surface area contributed by atoms with Gasteiger partial charge >= 0.3 is 0 Å². The highest BCUT2D eigenvalue weighted by Crippen LogP contribution is 2.23. The van der Waals surface area contributed by atoms with Crippen molar-refractivity contribution in [3.63, 3.8) is 0 Å². The molecule has 0 aliphatic rings. The Balaban J connectivity index is 2.71. The van der Waals surface area contributed by atoms with E-state index in [4.69, 9.17) is 5.11 Å². The molecule has 0 bridgehead atoms. The Bertz CT molecular complexity index is 462. The molecule has 2 rings (SSSR count). The van der Waals surface area contributed by atoms with Crippen LogP contribution in [-0.4, -0.2) is 16.3 Å². The Morgan fingerprint density at radius 3 is 2.93 bits per heavy atom. The van der Waals surface area contributed by atoms with Crippen molar-refractivity contribution >= 4 is 10.9 Å². The maximum absolute atomic E-state index is 13.4. The van der Waals surface area contributed by atoms with Crippen LogP contribution in [0.5, 0.6) is 0 Å². The molecule has 0 amide bonds. The van der Waals surface area contributed by atoms with Gasteiger partial charge in [-0.15, -0.1) is 0 Å². The molecular formula is C11H12FNO. The van der Waals surface area contributed by atoms with Gasteiger partial charge in [0.1, 0.15) is 5.82 Å². The van der Waals surface area contributed by atoms with E-state index in [1.807, 2.05) is 19.3 Å². The molecule has 0 aliphatic carbocycles. The van der Waals surface area contributed by atoms with Crippen LogP contribution < -0.4 is 0 Å². The van der Waals surface area contributed by atoms with Crippen LogP contribution in [0.2, 0.25) is 0 Å². The molecule has 0 spiro atoms. The highest BCUT2D eigenvalue weighted by Gasteiger charge is 2.08. The number of hydrogen-bond donors (Lipinski definition) is 1. The lowest BCUT2D eigenvalue weighted by Gasteiger charge is -1.97. The summed E-state index contributed by atoms with van der Waals surface area (Å²) in [6.45, 7) is 0.0929. The van der Waals surface area contributed by atoms with Gasteiger partial charge in [0, 0.05) is 25.2 Å². The first kappa shape index (κ1) is 9.21. The smallest absolute Gasteiger partial charge is 0.147 e. The Kier molecular flexibility index (Phi) is 2.25. The third-order valence-corrected chi connectivity index (χ3v) is 2.42. The fraction of sp³-hybridized carbons (Fsp3) is 0.273. The second kappa shape index (κ2) is 3.42. The largest absolute Gasteiger partial charge is 0.396 e. The second-order valence-corrected chi connectivity index (χ2v) is 3.37. The van der Waals surface area contributed by atoms with Gasteiger partial charge in [0.15, 0.2) is 0 Å². The van der Waals surface area contributed by atoms with Crippen molar-refractivity contribution in [3.05, 3.63) is 35.8 Å². The summed E-state index contributed by atoms with van der Waals surface area (Å²) >= 11 is 0. The summed E-state index contributed by atoms with van der Waals surface area (Å²) in [6.07, 6.45) is 2.44. The van der Waals surface area contributed by atoms with Crippen molar-refractivity contribution in [2.45, 2.75) is 6.42 Å². The van der Waals surface area contributed by atoms with E-state index in [1.54, 1.807) is 10.6 Å². The zero-order chi connectivity index (χ0) is 10.1. The maximum Gasteiger partial charge on any atom is 0.147 e. The van der Waals surface area contributed by atoms with E-state index in [1.165, 1.54) is 6.07 Å². The number of benzene rings is 1. The molecule has 1 N–H and O–H groups in total. The standard InChI is InChI=1S/C11H12FNO/c1-13-7-8(5-6-14)9-3-2-4-10(12)11(9)13/h2-4,7,14H,5-6H2,1H3. The summed E-state index contributed by atoms with van der Waals surface area (Å²) in [6, 6.07) is 5.02. The monoisotopic (exact) mass is 193 g/mol. The van der Waals surface area contributed by atoms with E-state index in [0.29, 0.717) is 11.9 Å². The minimum atomic E-state index is -0.214. The Labute approximate surface area is 81.6 Å². The summed E-state index contributed by atoms with van der Waals surface area (Å²) in [4.78, 5) is 0. The van der Waals surface area contributed by atoms with Crippen molar-refractivity contribution in [1.29, 1.82) is 0 Å². The molecule has 1 aromatic carbocycles. The predicted molar refractivity (Wildman–Crippen MR) is 53.7 cm³/mol. The highest BCUT2D eigenvalue weighted by atomic mass is 19.1. The van der Waals surface area contributed by atoms with Crippen LogP contribution in [-0.2, 0) is 13.5 Å². The number of fused-ring (bicyclic) bond motifs is 1. The van der Waals surface area contributed by atoms with Crippen LogP contribution in [0.15, 0.2) is 24.4 Å². The molecule has 0 atom stereocenters. The van der Waals surface area contributed by atoms with Crippen LogP contribution in [0.25, 0.3) is 10.9 Å². The normalized spacial score (nSPS) is 11.1. The first-order valence-corrected chi connectivity index (χ1v) is 4.57. The van der Waals surface area contributed by atoms with Gasteiger partial charge in [-0.3, -0.25) is 0 Å². The van der Waals surface area contributed by atoms with E-state index in [9.17, 15) is 4.39 Å². The van der Waals surface area contributed by atoms with E-state index < -0.39 is 0 Å². The number of nitrogens with zero attached hydrogens (tertiary/aromatic N) is 1. The third kappa shape index (κ3) is 1.30. The average molecular weight is 193 g/mol. The van der Waals surface area contributed by atoms with Gasteiger partial charge < -0.3 is 9.67 Å². The number of rotatable bonds is 2. The molecule has 0 saturated carbocycles. The number of hydrogen-bond acceptors (Lipinski definition) is 1. The Morgan fingerprint density at radius 2 is 2.21 bits per heavy atom. The number of aromatic nitrogens is 1. The van der Waals surface area contributed by atoms with E-state index >= 15 is 0 Å². The molecule has 74 valence electrons. The quantitative estimate of drug-likeness (QED) is 0.773. The van der Waals surface area contributed by atoms with Gasteiger partial charge in [-0.2, -0.15) is 0 Å². The zero-order valence-corrected chi connectivity index (χ0v) is 8.00. The molecule has 0 saturated heterocycles. The topological polar surface area (TPSA) is 25.2 Å². The lowest BCUT2D eigenvalue weighted by molar-refractivity contribution is 0.300. The fourth-order valence-corrected chi connectivity index (χ4v) is 1.82. The number of aliphatic hydroxyl groups is 1. The average Bonchev–Trinajstić information content (AvgIpc) is 2.46. The molecule has 3 heteroatoms. The van der Waals surface area contributed by atoms with Gasteiger partial charge in [0.05, 0.1) is 5.52 Å². The summed E-state index contributed by atoms with van der Waals surface area (Å²) in [7, 11) is 1.81. The summed E-state index contributed by atoms with van der Waals surface area (Å²) in [5.74, 6) is -0.214. The first-order chi connectivity index (χ1) is 6.74. The third-order valence-electron chi connectivity index (χ3n) is 2.42. The fourth-order valence-electron chi connectivity index (χ4n) is 1.82. The zero-order valence-electron chi connectivity index (χ0n) is 8.00. The minimum Gasteiger partial charge on any atom is -0.396 e. The van der Waals surface area contributed by atoms with Gasteiger partial charge in [0.25, 0.3) is 0 Å². The number of halogens is 1. The summed E-state index contributed by atoms with van der Waals surface area (Å²) in [5.41, 5.74) is 1.60. The van der Waals surface area contributed by atoms with E-state index in [-0.39, 0.29) is 12.4 Å². The molecule has 14 heavy (non-hydrogen) atoms. The van der Waals surface area contributed by atoms with Crippen LogP contribution in [0, 0.1) is 5.82 Å². The van der Waals surface area contributed by atoms with Crippen molar-refractivity contribution < 1.29 is 9.50 Å². The summed E-state index contributed by atoms with van der Waals surface area (Å²) in [5, 5.41) is 9.75. The van der Waals surface area contributed by atoms with Gasteiger partial charge in [0.2, 0.25) is 0 Å². The maximum atomic E-state index is 13.4. The van der Waals surface area contributed by atoms with Crippen LogP contribution in [0.3, 0.4) is 0 Å². The van der Waals surface area contributed by atoms with Gasteiger partial charge in [-0.1, -0.05) is 12.1 Å². The Hall–Kier alpha value is -1.35. The van der Waals surface area contributed by atoms with Crippen molar-refractivity contribution in [1.82, 2.24) is 4.57 Å². The van der Waals surface area contributed by atoms with Crippen molar-refractivity contribution in [3.8, 4) is 0 Å². The Morgan fingerprint density at radius 1 is 1.43 bits per heavy atom. The molecule has 0 aliphatic heterocycles. The minimum absolute atomic E-state index is 0.0929. The van der Waals surface area contributed by atoms with E-state index in [2.05, 4.69) is 0 Å². The summed E-state index contributed by atoms with van der Waals surface area (Å²) < 4.78 is 15.2. The van der Waals surface area contributed by atoms with Crippen molar-refractivity contribution in [2.24, 2.45) is 7.05 Å². The van der Waals surface area contributed by atoms with Crippen LogP contribution in [0.1, 0.15) is 5.56 Å². The van der Waals surface area contributed by atoms with Crippen molar-refractivity contribution in [2.75, 3.05) is 6.61 Å². The molecule has 1 aromatic heterocycles. The highest BCUT2D eigenvalue weighted by molar-refractivity contribution is 5.84. The SMILES string of the molecule is Cn1cc(CCO)c2cccc(F)c21. The molecular weight excluding hydrogens is 181 g/mol. The number of aryl methyl sites for hydroxylation is 1. The first-order valence-electron chi connectivity index (χ1n) is 4.57. The van der Waals surface area contributed by atoms with Gasteiger partial charge in [-0.05, 0) is 18.1 Å². The number of aliphatic hydroxyl groups excluding tert-OH is 1. The molecule has 0 unspecified atom stereocenters. The lowest BCUT2D eigenvalue weighted by Crippen LogP contribution is -1.88. The lowest BCUT2D eigenvalue weighted by atomic mass is 10.1. The molecule has 1 heterocycles. The van der Waals surface area contributed by atoms with Crippen LogP contribution >= 0.6 is 0 Å². The molecule has 0 radical (unpaired) electrons. The second-order valence-electron chi connectivity index (χ2n) is 3.37. The molecule has 0 fully saturated rings.